The van der Waals surface area contributed by atoms with Gasteiger partial charge in [-0.3, -0.25) is 0 Å². The van der Waals surface area contributed by atoms with E-state index in [9.17, 15) is 4.39 Å². The smallest absolute Gasteiger partial charge is 0.142 e. The molecule has 2 N–H and O–H groups in total. The number of nitriles is 2. The van der Waals surface area contributed by atoms with Gasteiger partial charge in [0.25, 0.3) is 0 Å². The summed E-state index contributed by atoms with van der Waals surface area (Å²) in [6, 6.07) is 17.6. The lowest BCUT2D eigenvalue weighted by atomic mass is 10.0. The van der Waals surface area contributed by atoms with Crippen molar-refractivity contribution in [3.05, 3.63) is 94.4 Å². The molecule has 0 atom stereocenters. The van der Waals surface area contributed by atoms with Crippen molar-refractivity contribution >= 4 is 17.5 Å². The van der Waals surface area contributed by atoms with Crippen LogP contribution in [0.15, 0.2) is 60.7 Å². The molecule has 1 aliphatic rings. The first kappa shape index (κ1) is 22.3. The minimum atomic E-state index is -0.269. The Bertz CT molecular complexity index is 1280. The highest BCUT2D eigenvalue weighted by atomic mass is 19.1. The van der Waals surface area contributed by atoms with Crippen LogP contribution >= 0.6 is 0 Å². The quantitative estimate of drug-likeness (QED) is 0.560. The summed E-state index contributed by atoms with van der Waals surface area (Å²) in [6.07, 6.45) is 2.45. The number of rotatable bonds is 3. The maximum Gasteiger partial charge on any atom is 0.142 e. The largest absolute Gasteiger partial charge is 0.457 e. The van der Waals surface area contributed by atoms with Gasteiger partial charge in [-0.25, -0.2) is 9.37 Å². The third-order valence-corrected chi connectivity index (χ3v) is 5.10. The molecule has 6 heteroatoms. The van der Waals surface area contributed by atoms with E-state index >= 15 is 0 Å². The maximum atomic E-state index is 12.7. The number of nitrogens with zero attached hydrogens (tertiary/aromatic N) is 3. The molecule has 5 nitrogen and oxygen atoms in total. The summed E-state index contributed by atoms with van der Waals surface area (Å²) in [4.78, 5) is 4.16. The number of halogens is 1. The third kappa shape index (κ3) is 4.66. The van der Waals surface area contributed by atoms with E-state index in [1.807, 2.05) is 38.1 Å². The second-order valence-electron chi connectivity index (χ2n) is 7.21. The van der Waals surface area contributed by atoms with Crippen LogP contribution in [0, 0.1) is 35.4 Å². The van der Waals surface area contributed by atoms with Crippen LogP contribution in [0.2, 0.25) is 0 Å². The Kier molecular flexibility index (Phi) is 6.68. The van der Waals surface area contributed by atoms with E-state index in [1.54, 1.807) is 18.2 Å². The molecule has 1 aliphatic carbocycles. The number of nitrogen functional groups attached to an aromatic ring is 1. The molecule has 2 aromatic carbocycles. The van der Waals surface area contributed by atoms with Gasteiger partial charge in [0.1, 0.15) is 35.3 Å². The minimum Gasteiger partial charge on any atom is -0.457 e. The number of pyridine rings is 1. The number of ether oxygens (including phenoxy) is 1. The average molecular weight is 424 g/mol. The molecular weight excluding hydrogens is 403 g/mol. The number of benzene rings is 2. The van der Waals surface area contributed by atoms with E-state index in [0.29, 0.717) is 29.0 Å². The molecule has 0 aliphatic heterocycles. The molecule has 1 heterocycles. The van der Waals surface area contributed by atoms with Crippen molar-refractivity contribution in [1.29, 1.82) is 10.5 Å². The Hall–Kier alpha value is -4.42. The molecule has 3 aromatic rings. The third-order valence-electron chi connectivity index (χ3n) is 5.10. The SMILES string of the molecule is C=Cc1ccc(Oc2ccc(F)cc2)cc1.CC1=C(C#N)c2nc(N)c(C#N)c(C)c2C1. The molecule has 0 spiro atoms. The molecular formula is C26H21FN4O. The highest BCUT2D eigenvalue weighted by molar-refractivity contribution is 5.85. The van der Waals surface area contributed by atoms with E-state index < -0.39 is 0 Å². The van der Waals surface area contributed by atoms with Crippen LogP contribution in [0.25, 0.3) is 11.6 Å². The number of hydrogen-bond acceptors (Lipinski definition) is 5. The Morgan fingerprint density at radius 1 is 1.03 bits per heavy atom. The van der Waals surface area contributed by atoms with Crippen molar-refractivity contribution in [3.63, 3.8) is 0 Å². The molecule has 1 aromatic heterocycles. The summed E-state index contributed by atoms with van der Waals surface area (Å²) in [5.74, 6) is 1.28. The first-order chi connectivity index (χ1) is 15.4. The normalized spacial score (nSPS) is 11.5. The van der Waals surface area contributed by atoms with Gasteiger partial charge in [0.15, 0.2) is 0 Å². The van der Waals surface area contributed by atoms with Crippen molar-refractivity contribution in [2.75, 3.05) is 5.73 Å². The van der Waals surface area contributed by atoms with Crippen LogP contribution in [-0.4, -0.2) is 4.98 Å². The predicted molar refractivity (Wildman–Crippen MR) is 123 cm³/mol. The number of hydrogen-bond donors (Lipinski definition) is 1. The van der Waals surface area contributed by atoms with Gasteiger partial charge in [0.2, 0.25) is 0 Å². The lowest BCUT2D eigenvalue weighted by Crippen LogP contribution is -2.03. The summed E-state index contributed by atoms with van der Waals surface area (Å²) in [7, 11) is 0. The van der Waals surface area contributed by atoms with E-state index in [-0.39, 0.29) is 11.6 Å². The molecule has 0 amide bonds. The zero-order valence-electron chi connectivity index (χ0n) is 17.8. The summed E-state index contributed by atoms with van der Waals surface area (Å²) in [6.45, 7) is 7.43. The van der Waals surface area contributed by atoms with E-state index in [0.717, 1.165) is 28.0 Å². The highest BCUT2D eigenvalue weighted by Crippen LogP contribution is 2.35. The molecule has 0 radical (unpaired) electrons. The number of allylic oxidation sites excluding steroid dienone is 2. The first-order valence-corrected chi connectivity index (χ1v) is 9.83. The zero-order chi connectivity index (χ0) is 23.3. The van der Waals surface area contributed by atoms with Crippen LogP contribution < -0.4 is 10.5 Å². The Labute approximate surface area is 186 Å². The average Bonchev–Trinajstić information content (AvgIpc) is 3.11. The fourth-order valence-electron chi connectivity index (χ4n) is 3.34. The van der Waals surface area contributed by atoms with Gasteiger partial charge in [0, 0.05) is 0 Å². The van der Waals surface area contributed by atoms with Crippen LogP contribution in [-0.2, 0) is 6.42 Å². The Balaban J connectivity index is 0.000000181. The number of fused-ring (bicyclic) bond motifs is 1. The molecule has 0 saturated heterocycles. The van der Waals surface area contributed by atoms with E-state index in [4.69, 9.17) is 21.0 Å². The lowest BCUT2D eigenvalue weighted by Gasteiger charge is -2.08. The van der Waals surface area contributed by atoms with Crippen LogP contribution in [0.1, 0.15) is 34.9 Å². The Morgan fingerprint density at radius 2 is 1.62 bits per heavy atom. The monoisotopic (exact) mass is 424 g/mol. The predicted octanol–water partition coefficient (Wildman–Crippen LogP) is 5.96. The molecule has 158 valence electrons. The second kappa shape index (κ2) is 9.59. The summed E-state index contributed by atoms with van der Waals surface area (Å²) in [5.41, 5.74) is 11.2. The lowest BCUT2D eigenvalue weighted by molar-refractivity contribution is 0.480. The van der Waals surface area contributed by atoms with Crippen molar-refractivity contribution in [2.24, 2.45) is 0 Å². The number of aromatic nitrogens is 1. The van der Waals surface area contributed by atoms with Gasteiger partial charge in [-0.05, 0) is 78.9 Å². The van der Waals surface area contributed by atoms with Crippen molar-refractivity contribution in [3.8, 4) is 23.6 Å². The van der Waals surface area contributed by atoms with Gasteiger partial charge in [0.05, 0.1) is 16.8 Å². The van der Waals surface area contributed by atoms with E-state index in [1.165, 1.54) is 12.1 Å². The number of anilines is 1. The first-order valence-electron chi connectivity index (χ1n) is 9.83. The topological polar surface area (TPSA) is 95.7 Å². The molecule has 4 rings (SSSR count). The van der Waals surface area contributed by atoms with Crippen LogP contribution in [0.5, 0.6) is 11.5 Å². The van der Waals surface area contributed by atoms with Crippen LogP contribution in [0.3, 0.4) is 0 Å². The van der Waals surface area contributed by atoms with Gasteiger partial charge in [-0.1, -0.05) is 24.8 Å². The summed E-state index contributed by atoms with van der Waals surface area (Å²) >= 11 is 0. The highest BCUT2D eigenvalue weighted by Gasteiger charge is 2.25. The standard InChI is InChI=1S/C14H11FO.C12H10N4/c1-2-11-3-7-13(8-4-11)16-14-9-5-12(15)6-10-14;1-6-3-8-7(2)10(5-14)12(15)16-11(8)9(6)4-13/h2-10H,1H2;3H2,1-2H3,(H2,15,16). The van der Waals surface area contributed by atoms with Gasteiger partial charge in [-0.2, -0.15) is 10.5 Å². The van der Waals surface area contributed by atoms with Crippen molar-refractivity contribution < 1.29 is 9.13 Å². The molecule has 0 bridgehead atoms. The molecule has 0 saturated carbocycles. The molecule has 0 unspecified atom stereocenters. The summed E-state index contributed by atoms with van der Waals surface area (Å²) < 4.78 is 18.2. The fraction of sp³-hybridized carbons (Fsp3) is 0.115. The minimum absolute atomic E-state index is 0.209. The van der Waals surface area contributed by atoms with Gasteiger partial charge in [-0.15, -0.1) is 0 Å². The van der Waals surface area contributed by atoms with Crippen LogP contribution in [0.4, 0.5) is 10.2 Å². The van der Waals surface area contributed by atoms with Gasteiger partial charge < -0.3 is 10.5 Å². The fourth-order valence-corrected chi connectivity index (χ4v) is 3.34. The number of nitrogens with two attached hydrogens (primary N) is 1. The van der Waals surface area contributed by atoms with Crippen molar-refractivity contribution in [2.45, 2.75) is 20.3 Å². The maximum absolute atomic E-state index is 12.7. The molecule has 0 fully saturated rings. The second-order valence-corrected chi connectivity index (χ2v) is 7.21. The molecule has 32 heavy (non-hydrogen) atoms. The Morgan fingerprint density at radius 3 is 2.16 bits per heavy atom. The zero-order valence-corrected chi connectivity index (χ0v) is 17.8. The van der Waals surface area contributed by atoms with Gasteiger partial charge >= 0.3 is 0 Å². The summed E-state index contributed by atoms with van der Waals surface area (Å²) in [5, 5.41) is 18.0. The van der Waals surface area contributed by atoms with Crippen molar-refractivity contribution in [1.82, 2.24) is 4.98 Å². The van der Waals surface area contributed by atoms with E-state index in [2.05, 4.69) is 23.7 Å².